The first-order valence-corrected chi connectivity index (χ1v) is 13.5. The molecule has 3 N–H and O–H groups in total. The quantitative estimate of drug-likeness (QED) is 0.250. The van der Waals surface area contributed by atoms with Crippen molar-refractivity contribution in [1.82, 2.24) is 24.7 Å². The maximum Gasteiger partial charge on any atom is 0.193 e. The van der Waals surface area contributed by atoms with E-state index in [9.17, 15) is 10.2 Å². The first-order chi connectivity index (χ1) is 19.0. The topological polar surface area (TPSA) is 116 Å². The number of hydrogen-bond acceptors (Lipinski definition) is 8. The lowest BCUT2D eigenvalue weighted by atomic mass is 10.0. The highest BCUT2D eigenvalue weighted by atomic mass is 79.9. The Hall–Kier alpha value is -4.25. The molecule has 1 saturated heterocycles. The average molecular weight is 590 g/mol. The Bertz CT molecular complexity index is 1610. The molecule has 6 rings (SSSR count). The van der Waals surface area contributed by atoms with Crippen LogP contribution < -0.4 is 14.5 Å². The minimum absolute atomic E-state index is 0.00851. The highest BCUT2D eigenvalue weighted by Crippen LogP contribution is 2.35. The van der Waals surface area contributed by atoms with E-state index in [4.69, 9.17) is 4.74 Å². The van der Waals surface area contributed by atoms with Crippen molar-refractivity contribution in [1.29, 1.82) is 0 Å². The van der Waals surface area contributed by atoms with Gasteiger partial charge in [-0.15, -0.1) is 0 Å². The third-order valence-electron chi connectivity index (χ3n) is 7.12. The summed E-state index contributed by atoms with van der Waals surface area (Å²) in [5.41, 5.74) is 5.12. The minimum Gasteiger partial charge on any atom is -0.494 e. The third-order valence-corrected chi connectivity index (χ3v) is 7.69. The van der Waals surface area contributed by atoms with E-state index in [1.54, 1.807) is 6.33 Å². The van der Waals surface area contributed by atoms with E-state index in [1.807, 2.05) is 18.2 Å². The highest BCUT2D eigenvalue weighted by molar-refractivity contribution is 9.10. The number of halogens is 1. The van der Waals surface area contributed by atoms with Gasteiger partial charge in [-0.25, -0.2) is 9.97 Å². The number of H-pyrrole nitrogens is 1. The molecule has 0 aliphatic carbocycles. The van der Waals surface area contributed by atoms with Crippen molar-refractivity contribution in [3.63, 3.8) is 0 Å². The zero-order valence-electron chi connectivity index (χ0n) is 21.4. The van der Waals surface area contributed by atoms with E-state index in [-0.39, 0.29) is 11.8 Å². The summed E-state index contributed by atoms with van der Waals surface area (Å²) < 4.78 is 8.30. The molecular weight excluding hydrogens is 562 g/mol. The number of aryl methyl sites for hydroxylation is 1. The maximum absolute atomic E-state index is 9.90. The summed E-state index contributed by atoms with van der Waals surface area (Å²) in [6.07, 6.45) is 1.56. The zero-order valence-corrected chi connectivity index (χ0v) is 23.0. The molecule has 0 radical (unpaired) electrons. The van der Waals surface area contributed by atoms with Crippen molar-refractivity contribution in [3.8, 4) is 28.6 Å². The number of piperazine rings is 1. The number of ether oxygens (including phenoxy) is 1. The van der Waals surface area contributed by atoms with Crippen LogP contribution in [-0.4, -0.2) is 67.7 Å². The van der Waals surface area contributed by atoms with E-state index in [2.05, 4.69) is 77.1 Å². The SMILES string of the molecule is Cc1ccc(-c2ccccc2OCCn2c(O)ccc2O)cc1N1CCN(c2ncnc3n[nH]c(Br)c23)CC1. The monoisotopic (exact) mass is 589 g/mol. The Balaban J connectivity index is 1.19. The molecular formula is C28H28BrN7O3. The van der Waals surface area contributed by atoms with E-state index in [0.29, 0.717) is 18.8 Å². The maximum atomic E-state index is 9.90. The van der Waals surface area contributed by atoms with Crippen LogP contribution in [0.4, 0.5) is 11.5 Å². The third kappa shape index (κ3) is 4.85. The molecule has 0 amide bonds. The smallest absolute Gasteiger partial charge is 0.193 e. The molecule has 0 spiro atoms. The molecule has 3 aromatic heterocycles. The number of benzene rings is 2. The van der Waals surface area contributed by atoms with E-state index < -0.39 is 0 Å². The Labute approximate surface area is 233 Å². The summed E-state index contributed by atoms with van der Waals surface area (Å²) >= 11 is 3.54. The van der Waals surface area contributed by atoms with Crippen LogP contribution in [0.3, 0.4) is 0 Å². The number of fused-ring (bicyclic) bond motifs is 1. The fourth-order valence-corrected chi connectivity index (χ4v) is 5.52. The largest absolute Gasteiger partial charge is 0.494 e. The molecule has 39 heavy (non-hydrogen) atoms. The lowest BCUT2D eigenvalue weighted by Crippen LogP contribution is -2.47. The molecule has 0 saturated carbocycles. The number of rotatable bonds is 7. The van der Waals surface area contributed by atoms with Gasteiger partial charge in [0.15, 0.2) is 17.4 Å². The van der Waals surface area contributed by atoms with Gasteiger partial charge < -0.3 is 24.7 Å². The lowest BCUT2D eigenvalue weighted by molar-refractivity contribution is 0.276. The molecule has 0 bridgehead atoms. The van der Waals surface area contributed by atoms with Crippen molar-refractivity contribution in [2.75, 3.05) is 42.6 Å². The molecule has 2 aromatic carbocycles. The van der Waals surface area contributed by atoms with Crippen LogP contribution in [0, 0.1) is 6.92 Å². The van der Waals surface area contributed by atoms with Gasteiger partial charge in [-0.1, -0.05) is 30.3 Å². The Morgan fingerprint density at radius 1 is 0.949 bits per heavy atom. The van der Waals surface area contributed by atoms with Gasteiger partial charge >= 0.3 is 0 Å². The minimum atomic E-state index is 0.00851. The van der Waals surface area contributed by atoms with Crippen molar-refractivity contribution in [2.45, 2.75) is 13.5 Å². The Kier molecular flexibility index (Phi) is 6.74. The van der Waals surface area contributed by atoms with Gasteiger partial charge in [-0.3, -0.25) is 9.67 Å². The fourth-order valence-electron chi connectivity index (χ4n) is 5.08. The summed E-state index contributed by atoms with van der Waals surface area (Å²) in [6, 6.07) is 17.4. The van der Waals surface area contributed by atoms with E-state index >= 15 is 0 Å². The number of nitrogens with one attached hydrogen (secondary N) is 1. The lowest BCUT2D eigenvalue weighted by Gasteiger charge is -2.37. The van der Waals surface area contributed by atoms with Crippen molar-refractivity contribution in [2.24, 2.45) is 0 Å². The second-order valence-corrected chi connectivity index (χ2v) is 10.2. The van der Waals surface area contributed by atoms with Crippen LogP contribution in [-0.2, 0) is 6.54 Å². The first kappa shape index (κ1) is 25.1. The van der Waals surface area contributed by atoms with Crippen molar-refractivity contribution in [3.05, 3.63) is 71.1 Å². The molecule has 0 unspecified atom stereocenters. The molecule has 5 aromatic rings. The van der Waals surface area contributed by atoms with Gasteiger partial charge in [-0.05, 0) is 46.1 Å². The van der Waals surface area contributed by atoms with Crippen LogP contribution in [0.25, 0.3) is 22.2 Å². The van der Waals surface area contributed by atoms with Crippen LogP contribution in [0.2, 0.25) is 0 Å². The molecule has 11 heteroatoms. The van der Waals surface area contributed by atoms with Crippen LogP contribution in [0.1, 0.15) is 5.56 Å². The molecule has 1 aliphatic rings. The van der Waals surface area contributed by atoms with Gasteiger partial charge in [0.05, 0.1) is 11.9 Å². The molecule has 10 nitrogen and oxygen atoms in total. The highest BCUT2D eigenvalue weighted by Gasteiger charge is 2.23. The van der Waals surface area contributed by atoms with Gasteiger partial charge in [0.25, 0.3) is 0 Å². The summed E-state index contributed by atoms with van der Waals surface area (Å²) in [7, 11) is 0. The number of aromatic hydroxyl groups is 2. The first-order valence-electron chi connectivity index (χ1n) is 12.7. The van der Waals surface area contributed by atoms with Gasteiger partial charge in [0, 0.05) is 49.6 Å². The van der Waals surface area contributed by atoms with Gasteiger partial charge in [0.1, 0.15) is 29.1 Å². The number of aromatic amines is 1. The van der Waals surface area contributed by atoms with Crippen molar-refractivity contribution >= 4 is 38.5 Å². The number of anilines is 2. The molecule has 1 fully saturated rings. The molecule has 200 valence electrons. The zero-order chi connectivity index (χ0) is 26.9. The Morgan fingerprint density at radius 3 is 2.49 bits per heavy atom. The summed E-state index contributed by atoms with van der Waals surface area (Å²) in [5, 5.41) is 27.9. The molecule has 0 atom stereocenters. The number of para-hydroxylation sites is 1. The summed E-state index contributed by atoms with van der Waals surface area (Å²) in [6.45, 7) is 6.13. The van der Waals surface area contributed by atoms with Crippen LogP contribution in [0.5, 0.6) is 17.5 Å². The van der Waals surface area contributed by atoms with Gasteiger partial charge in [-0.2, -0.15) is 5.10 Å². The number of aromatic nitrogens is 5. The predicted molar refractivity (Wildman–Crippen MR) is 154 cm³/mol. The summed E-state index contributed by atoms with van der Waals surface area (Å²) in [5.74, 6) is 1.66. The normalized spacial score (nSPS) is 13.8. The van der Waals surface area contributed by atoms with E-state index in [1.165, 1.54) is 28.0 Å². The fraction of sp³-hybridized carbons (Fsp3) is 0.250. The van der Waals surface area contributed by atoms with Crippen molar-refractivity contribution < 1.29 is 14.9 Å². The number of nitrogens with zero attached hydrogens (tertiary/aromatic N) is 6. The van der Waals surface area contributed by atoms with Crippen LogP contribution in [0.15, 0.2) is 65.5 Å². The van der Waals surface area contributed by atoms with Crippen LogP contribution >= 0.6 is 15.9 Å². The standard InChI is InChI=1S/C28H28BrN7O3/c1-18-6-7-19(20-4-2-3-5-22(20)39-15-14-36-23(37)8-9-24(36)38)16-21(18)34-10-12-35(13-11-34)28-25-26(29)32-33-27(25)30-17-31-28/h2-9,16-17,37-38H,10-15H2,1H3,(H,30,31,32,33). The predicted octanol–water partition coefficient (Wildman–Crippen LogP) is 4.71. The Morgan fingerprint density at radius 2 is 1.69 bits per heavy atom. The van der Waals surface area contributed by atoms with E-state index in [0.717, 1.165) is 58.9 Å². The second kappa shape index (κ2) is 10.5. The summed E-state index contributed by atoms with van der Waals surface area (Å²) in [4.78, 5) is 13.5. The average Bonchev–Trinajstić information content (AvgIpc) is 3.50. The second-order valence-electron chi connectivity index (χ2n) is 9.45. The number of hydrogen-bond donors (Lipinski definition) is 3. The van der Waals surface area contributed by atoms with Gasteiger partial charge in [0.2, 0.25) is 0 Å². The molecule has 4 heterocycles. The molecule has 1 aliphatic heterocycles.